The van der Waals surface area contributed by atoms with Gasteiger partial charge in [-0.15, -0.1) is 0 Å². The zero-order chi connectivity index (χ0) is 26.8. The van der Waals surface area contributed by atoms with Crippen molar-refractivity contribution in [2.45, 2.75) is 65.5 Å². The van der Waals surface area contributed by atoms with Gasteiger partial charge >= 0.3 is 6.03 Å². The molecule has 2 aromatic heterocycles. The molecule has 4 heterocycles. The first kappa shape index (κ1) is 26.5. The maximum Gasteiger partial charge on any atom is 0.317 e. The lowest BCUT2D eigenvalue weighted by Gasteiger charge is -2.37. The molecule has 3 aromatic rings. The minimum absolute atomic E-state index is 0.0459. The molecule has 1 atom stereocenters. The number of urea groups is 1. The molecule has 2 aliphatic heterocycles. The molecule has 204 valence electrons. The lowest BCUT2D eigenvalue weighted by molar-refractivity contribution is 0.172. The van der Waals surface area contributed by atoms with E-state index in [9.17, 15) is 4.79 Å². The number of nitrogens with zero attached hydrogens (tertiary/aromatic N) is 5. The van der Waals surface area contributed by atoms with Crippen LogP contribution in [0.1, 0.15) is 58.9 Å². The summed E-state index contributed by atoms with van der Waals surface area (Å²) in [6, 6.07) is 14.4. The number of carbonyl (C=O) groups excluding carboxylic acids is 1. The van der Waals surface area contributed by atoms with Gasteiger partial charge in [0.2, 0.25) is 0 Å². The molecule has 2 fully saturated rings. The molecule has 0 unspecified atom stereocenters. The molecule has 7 nitrogen and oxygen atoms in total. The zero-order valence-electron chi connectivity index (χ0n) is 23.7. The van der Waals surface area contributed by atoms with E-state index >= 15 is 0 Å². The van der Waals surface area contributed by atoms with Gasteiger partial charge in [0, 0.05) is 56.2 Å². The van der Waals surface area contributed by atoms with E-state index in [4.69, 9.17) is 0 Å². The van der Waals surface area contributed by atoms with Gasteiger partial charge in [-0.25, -0.2) is 9.31 Å². The van der Waals surface area contributed by atoms with Gasteiger partial charge < -0.3 is 20.0 Å². The zero-order valence-corrected chi connectivity index (χ0v) is 23.7. The molecule has 1 N–H and O–H groups in total. The third-order valence-electron chi connectivity index (χ3n) is 8.72. The first-order valence-corrected chi connectivity index (χ1v) is 14.4. The highest BCUT2D eigenvalue weighted by Gasteiger charge is 2.25. The number of hydrogen-bond donors (Lipinski definition) is 1. The predicted octanol–water partition coefficient (Wildman–Crippen LogP) is 5.47. The van der Waals surface area contributed by atoms with Crippen LogP contribution >= 0.6 is 0 Å². The molecule has 38 heavy (non-hydrogen) atoms. The van der Waals surface area contributed by atoms with Gasteiger partial charge in [-0.05, 0) is 81.8 Å². The second-order valence-corrected chi connectivity index (χ2v) is 11.8. The minimum atomic E-state index is 0.0459. The molecule has 5 rings (SSSR count). The number of aromatic nitrogens is 2. The van der Waals surface area contributed by atoms with Gasteiger partial charge in [-0.3, -0.25) is 0 Å². The van der Waals surface area contributed by atoms with E-state index in [0.29, 0.717) is 17.9 Å². The standard InChI is InChI=1S/C31H44N6O/c1-22(2)24(5)33-31(38)36-18-16-35(17-19-36)29-10-13-32-37-21-28(20-30(29)37)26-8-6-25(7-9-26)27-11-14-34(15-12-27)23(3)4/h6-10,13,20-24,27H,11-12,14-19H2,1-5H3,(H,33,38)/t24-/m1/s1. The third-order valence-corrected chi connectivity index (χ3v) is 8.72. The Balaban J connectivity index is 1.25. The van der Waals surface area contributed by atoms with Crippen LogP contribution in [0.5, 0.6) is 0 Å². The van der Waals surface area contributed by atoms with E-state index in [0.717, 1.165) is 31.7 Å². The maximum atomic E-state index is 12.7. The second-order valence-electron chi connectivity index (χ2n) is 11.8. The first-order chi connectivity index (χ1) is 18.3. The van der Waals surface area contributed by atoms with Gasteiger partial charge in [0.1, 0.15) is 0 Å². The minimum Gasteiger partial charge on any atom is -0.366 e. The predicted molar refractivity (Wildman–Crippen MR) is 156 cm³/mol. The van der Waals surface area contributed by atoms with Crippen LogP contribution in [-0.2, 0) is 0 Å². The Bertz CT molecular complexity index is 1220. The quantitative estimate of drug-likeness (QED) is 0.472. The molecule has 0 bridgehead atoms. The summed E-state index contributed by atoms with van der Waals surface area (Å²) in [7, 11) is 0. The topological polar surface area (TPSA) is 56.1 Å². The molecule has 0 saturated carbocycles. The molecule has 0 aliphatic carbocycles. The number of carbonyl (C=O) groups is 1. The van der Waals surface area contributed by atoms with Crippen molar-refractivity contribution >= 4 is 17.2 Å². The summed E-state index contributed by atoms with van der Waals surface area (Å²) in [6.45, 7) is 16.4. The monoisotopic (exact) mass is 516 g/mol. The highest BCUT2D eigenvalue weighted by atomic mass is 16.2. The van der Waals surface area contributed by atoms with E-state index < -0.39 is 0 Å². The summed E-state index contributed by atoms with van der Waals surface area (Å²) < 4.78 is 1.99. The second kappa shape index (κ2) is 11.4. The molecule has 7 heteroatoms. The van der Waals surface area contributed by atoms with Crippen molar-refractivity contribution in [2.24, 2.45) is 5.92 Å². The Morgan fingerprint density at radius 3 is 2.21 bits per heavy atom. The summed E-state index contributed by atoms with van der Waals surface area (Å²) in [6.07, 6.45) is 6.49. The van der Waals surface area contributed by atoms with Crippen LogP contribution < -0.4 is 10.2 Å². The van der Waals surface area contributed by atoms with Gasteiger partial charge in [0.05, 0.1) is 11.2 Å². The van der Waals surface area contributed by atoms with Crippen molar-refractivity contribution in [3.05, 3.63) is 54.4 Å². The fraction of sp³-hybridized carbons (Fsp3) is 0.548. The fourth-order valence-electron chi connectivity index (χ4n) is 5.73. The van der Waals surface area contributed by atoms with Crippen LogP contribution in [0.4, 0.5) is 10.5 Å². The first-order valence-electron chi connectivity index (χ1n) is 14.4. The van der Waals surface area contributed by atoms with Gasteiger partial charge in [-0.2, -0.15) is 5.10 Å². The Kier molecular flexibility index (Phi) is 7.93. The van der Waals surface area contributed by atoms with E-state index in [1.54, 1.807) is 0 Å². The van der Waals surface area contributed by atoms with Gasteiger partial charge in [0.15, 0.2) is 0 Å². The largest absolute Gasteiger partial charge is 0.366 e. The number of benzene rings is 1. The van der Waals surface area contributed by atoms with Crippen LogP contribution in [0.25, 0.3) is 16.6 Å². The normalized spacial score (nSPS) is 18.5. The Morgan fingerprint density at radius 1 is 0.895 bits per heavy atom. The lowest BCUT2D eigenvalue weighted by atomic mass is 9.88. The lowest BCUT2D eigenvalue weighted by Crippen LogP contribution is -2.53. The van der Waals surface area contributed by atoms with Crippen molar-refractivity contribution in [1.29, 1.82) is 0 Å². The van der Waals surface area contributed by atoms with E-state index in [-0.39, 0.29) is 12.1 Å². The number of likely N-dealkylation sites (tertiary alicyclic amines) is 1. The van der Waals surface area contributed by atoms with Crippen molar-refractivity contribution in [2.75, 3.05) is 44.2 Å². The third kappa shape index (κ3) is 5.68. The summed E-state index contributed by atoms with van der Waals surface area (Å²) in [5.74, 6) is 1.09. The number of piperidine rings is 1. The Hall–Kier alpha value is -3.06. The number of fused-ring (bicyclic) bond motifs is 1. The number of anilines is 1. The number of rotatable bonds is 6. The molecule has 0 radical (unpaired) electrons. The van der Waals surface area contributed by atoms with Crippen molar-refractivity contribution in [1.82, 2.24) is 24.7 Å². The van der Waals surface area contributed by atoms with E-state index in [2.05, 4.69) is 97.4 Å². The summed E-state index contributed by atoms with van der Waals surface area (Å²) in [4.78, 5) is 19.6. The smallest absolute Gasteiger partial charge is 0.317 e. The highest BCUT2D eigenvalue weighted by Crippen LogP contribution is 2.32. The molecular weight excluding hydrogens is 472 g/mol. The van der Waals surface area contributed by atoms with Crippen LogP contribution in [0.15, 0.2) is 48.8 Å². The van der Waals surface area contributed by atoms with Crippen molar-refractivity contribution < 1.29 is 4.79 Å². The molecule has 2 aliphatic rings. The van der Waals surface area contributed by atoms with Crippen molar-refractivity contribution in [3.8, 4) is 11.1 Å². The van der Waals surface area contributed by atoms with Crippen LogP contribution in [0.3, 0.4) is 0 Å². The van der Waals surface area contributed by atoms with E-state index in [1.807, 2.05) is 15.6 Å². The molecule has 0 spiro atoms. The number of hydrogen-bond acceptors (Lipinski definition) is 4. The molecule has 2 saturated heterocycles. The van der Waals surface area contributed by atoms with E-state index in [1.165, 1.54) is 48.3 Å². The van der Waals surface area contributed by atoms with Crippen LogP contribution in [0.2, 0.25) is 0 Å². The Labute approximate surface area is 227 Å². The maximum absolute atomic E-state index is 12.7. The summed E-state index contributed by atoms with van der Waals surface area (Å²) in [5.41, 5.74) is 6.16. The number of piperazine rings is 1. The summed E-state index contributed by atoms with van der Waals surface area (Å²) in [5, 5.41) is 7.74. The molecule has 2 amide bonds. The van der Waals surface area contributed by atoms with Crippen molar-refractivity contribution in [3.63, 3.8) is 0 Å². The summed E-state index contributed by atoms with van der Waals surface area (Å²) >= 11 is 0. The van der Waals surface area contributed by atoms with Crippen LogP contribution in [-0.4, -0.2) is 76.8 Å². The fourth-order valence-corrected chi connectivity index (χ4v) is 5.73. The average Bonchev–Trinajstić information content (AvgIpc) is 3.38. The number of nitrogens with one attached hydrogen (secondary N) is 1. The number of amides is 2. The SMILES string of the molecule is CC(C)[C@@H](C)NC(=O)N1CCN(c2ccnn3cc(-c4ccc(C5CCN(C(C)C)CC5)cc4)cc23)CC1. The van der Waals surface area contributed by atoms with Crippen LogP contribution in [0, 0.1) is 5.92 Å². The van der Waals surface area contributed by atoms with Gasteiger partial charge in [0.25, 0.3) is 0 Å². The van der Waals surface area contributed by atoms with Gasteiger partial charge in [-0.1, -0.05) is 38.1 Å². The Morgan fingerprint density at radius 2 is 1.58 bits per heavy atom. The molecular formula is C31H44N6O. The molecule has 1 aromatic carbocycles. The highest BCUT2D eigenvalue weighted by molar-refractivity contribution is 5.80. The average molecular weight is 517 g/mol.